The third-order valence-corrected chi connectivity index (χ3v) is 4.52. The lowest BCUT2D eigenvalue weighted by molar-refractivity contribution is 0.177. The van der Waals surface area contributed by atoms with Crippen LogP contribution in [0.4, 0.5) is 0 Å². The summed E-state index contributed by atoms with van der Waals surface area (Å²) < 4.78 is 22.8. The van der Waals surface area contributed by atoms with Gasteiger partial charge >= 0.3 is 0 Å². The van der Waals surface area contributed by atoms with Gasteiger partial charge in [0.25, 0.3) is 0 Å². The molecule has 0 radical (unpaired) electrons. The monoisotopic (exact) mass is 305 g/mol. The highest BCUT2D eigenvalue weighted by molar-refractivity contribution is 7.90. The number of aryl methyl sites for hydroxylation is 1. The highest BCUT2D eigenvalue weighted by Gasteiger charge is 2.12. The Labute approximate surface area is 125 Å². The summed E-state index contributed by atoms with van der Waals surface area (Å²) >= 11 is 0. The number of hydrogen-bond acceptors (Lipinski definition) is 4. The number of rotatable bonds is 5. The molecule has 1 atom stereocenters. The zero-order chi connectivity index (χ0) is 15.5. The van der Waals surface area contributed by atoms with Crippen molar-refractivity contribution in [3.63, 3.8) is 0 Å². The number of nitrogens with zero attached hydrogens (tertiary/aromatic N) is 1. The van der Waals surface area contributed by atoms with Crippen LogP contribution < -0.4 is 0 Å². The van der Waals surface area contributed by atoms with Gasteiger partial charge in [-0.1, -0.05) is 25.1 Å². The average molecular weight is 305 g/mol. The topological polar surface area (TPSA) is 67.3 Å². The van der Waals surface area contributed by atoms with Gasteiger partial charge in [0.1, 0.15) is 0 Å². The quantitative estimate of drug-likeness (QED) is 0.920. The van der Waals surface area contributed by atoms with Crippen molar-refractivity contribution in [1.29, 1.82) is 0 Å². The molecule has 0 saturated heterocycles. The van der Waals surface area contributed by atoms with Gasteiger partial charge in [0.2, 0.25) is 0 Å². The second-order valence-electron chi connectivity index (χ2n) is 5.07. The van der Waals surface area contributed by atoms with Crippen LogP contribution >= 0.6 is 0 Å². The summed E-state index contributed by atoms with van der Waals surface area (Å²) in [5, 5.41) is 10.2. The zero-order valence-corrected chi connectivity index (χ0v) is 13.0. The van der Waals surface area contributed by atoms with E-state index < -0.39 is 15.9 Å². The Morgan fingerprint density at radius 3 is 2.29 bits per heavy atom. The second kappa shape index (κ2) is 6.37. The van der Waals surface area contributed by atoms with Crippen LogP contribution in [-0.2, 0) is 22.7 Å². The fourth-order valence-electron chi connectivity index (χ4n) is 2.04. The van der Waals surface area contributed by atoms with E-state index in [0.29, 0.717) is 12.0 Å². The number of pyridine rings is 1. The first-order valence-corrected chi connectivity index (χ1v) is 8.71. The Hall–Kier alpha value is -1.72. The fraction of sp³-hybridized carbons (Fsp3) is 0.312. The van der Waals surface area contributed by atoms with Crippen LogP contribution in [0.2, 0.25) is 0 Å². The number of aliphatic hydroxyl groups excluding tert-OH is 1. The van der Waals surface area contributed by atoms with Crippen LogP contribution in [0.5, 0.6) is 0 Å². The van der Waals surface area contributed by atoms with Gasteiger partial charge in [0, 0.05) is 24.6 Å². The minimum absolute atomic E-state index is 0.254. The van der Waals surface area contributed by atoms with Gasteiger partial charge in [-0.3, -0.25) is 4.98 Å². The first-order valence-electron chi connectivity index (χ1n) is 6.82. The molecule has 1 heterocycles. The molecule has 0 fully saturated rings. The van der Waals surface area contributed by atoms with Crippen molar-refractivity contribution in [3.05, 3.63) is 59.4 Å². The molecule has 0 aliphatic heterocycles. The van der Waals surface area contributed by atoms with E-state index in [4.69, 9.17) is 0 Å². The predicted octanol–water partition coefficient (Wildman–Crippen LogP) is 2.32. The Bertz CT molecular complexity index is 691. The third-order valence-electron chi connectivity index (χ3n) is 3.39. The second-order valence-corrected chi connectivity index (χ2v) is 7.09. The maximum absolute atomic E-state index is 11.4. The minimum Gasteiger partial charge on any atom is -0.388 e. The summed E-state index contributed by atoms with van der Waals surface area (Å²) in [4.78, 5) is 4.57. The molecule has 21 heavy (non-hydrogen) atoms. The zero-order valence-electron chi connectivity index (χ0n) is 12.2. The molecular formula is C16H19NO3S. The van der Waals surface area contributed by atoms with Crippen LogP contribution in [0.25, 0.3) is 0 Å². The molecule has 0 spiro atoms. The van der Waals surface area contributed by atoms with Crippen LogP contribution in [-0.4, -0.2) is 24.8 Å². The van der Waals surface area contributed by atoms with Crippen molar-refractivity contribution in [2.24, 2.45) is 0 Å². The molecule has 2 aromatic rings. The van der Waals surface area contributed by atoms with E-state index in [-0.39, 0.29) is 4.90 Å². The van der Waals surface area contributed by atoms with Gasteiger partial charge in [-0.25, -0.2) is 8.42 Å². The van der Waals surface area contributed by atoms with Crippen molar-refractivity contribution in [2.45, 2.75) is 30.8 Å². The van der Waals surface area contributed by atoms with Gasteiger partial charge in [0.15, 0.2) is 9.84 Å². The highest BCUT2D eigenvalue weighted by Crippen LogP contribution is 2.19. The van der Waals surface area contributed by atoms with E-state index in [1.54, 1.807) is 12.1 Å². The molecule has 0 amide bonds. The van der Waals surface area contributed by atoms with Crippen LogP contribution in [0.3, 0.4) is 0 Å². The van der Waals surface area contributed by atoms with E-state index in [1.165, 1.54) is 12.1 Å². The molecule has 0 aliphatic rings. The molecule has 0 bridgehead atoms. The van der Waals surface area contributed by atoms with E-state index >= 15 is 0 Å². The summed E-state index contributed by atoms with van der Waals surface area (Å²) in [6.07, 6.45) is 3.62. The molecule has 1 aromatic heterocycles. The Balaban J connectivity index is 2.10. The number of benzene rings is 1. The van der Waals surface area contributed by atoms with Crippen LogP contribution in [0.1, 0.15) is 29.8 Å². The van der Waals surface area contributed by atoms with E-state index in [9.17, 15) is 13.5 Å². The Kier molecular flexibility index (Phi) is 4.75. The van der Waals surface area contributed by atoms with E-state index in [1.807, 2.05) is 18.3 Å². The molecule has 1 unspecified atom stereocenters. The summed E-state index contributed by atoms with van der Waals surface area (Å²) in [5.74, 6) is 0. The summed E-state index contributed by atoms with van der Waals surface area (Å²) in [5.41, 5.74) is 2.65. The van der Waals surface area contributed by atoms with Crippen molar-refractivity contribution in [2.75, 3.05) is 6.26 Å². The maximum atomic E-state index is 11.4. The maximum Gasteiger partial charge on any atom is 0.175 e. The molecule has 1 N–H and O–H groups in total. The lowest BCUT2D eigenvalue weighted by atomic mass is 10.0. The largest absolute Gasteiger partial charge is 0.388 e. The summed E-state index contributed by atoms with van der Waals surface area (Å²) in [6.45, 7) is 2.06. The Morgan fingerprint density at radius 1 is 1.14 bits per heavy atom. The minimum atomic E-state index is -3.21. The van der Waals surface area contributed by atoms with Crippen LogP contribution in [0.15, 0.2) is 47.5 Å². The molecule has 2 rings (SSSR count). The first kappa shape index (κ1) is 15.7. The lowest BCUT2D eigenvalue weighted by Crippen LogP contribution is -2.04. The van der Waals surface area contributed by atoms with Crippen molar-refractivity contribution < 1.29 is 13.5 Å². The number of aliphatic hydroxyl groups is 1. The standard InChI is InChI=1S/C16H19NO3S/c1-3-12-4-7-14(17-11-12)10-16(18)13-5-8-15(9-6-13)21(2,19)20/h4-9,11,16,18H,3,10H2,1-2H3. The van der Waals surface area contributed by atoms with Crippen molar-refractivity contribution in [1.82, 2.24) is 4.98 Å². The van der Waals surface area contributed by atoms with E-state index in [2.05, 4.69) is 11.9 Å². The number of hydrogen-bond donors (Lipinski definition) is 1. The van der Waals surface area contributed by atoms with Crippen molar-refractivity contribution >= 4 is 9.84 Å². The highest BCUT2D eigenvalue weighted by atomic mass is 32.2. The average Bonchev–Trinajstić information content (AvgIpc) is 2.47. The predicted molar refractivity (Wildman–Crippen MR) is 81.8 cm³/mol. The van der Waals surface area contributed by atoms with Gasteiger partial charge in [0.05, 0.1) is 11.0 Å². The molecule has 4 nitrogen and oxygen atoms in total. The fourth-order valence-corrected chi connectivity index (χ4v) is 2.67. The van der Waals surface area contributed by atoms with Crippen LogP contribution in [0, 0.1) is 0 Å². The van der Waals surface area contributed by atoms with Gasteiger partial charge in [-0.05, 0) is 35.7 Å². The number of aromatic nitrogens is 1. The third kappa shape index (κ3) is 4.12. The molecule has 0 saturated carbocycles. The Morgan fingerprint density at radius 2 is 1.81 bits per heavy atom. The molecular weight excluding hydrogens is 286 g/mol. The summed E-state index contributed by atoms with van der Waals surface area (Å²) in [7, 11) is -3.21. The normalized spacial score (nSPS) is 13.1. The molecule has 0 aliphatic carbocycles. The molecule has 5 heteroatoms. The first-order chi connectivity index (χ1) is 9.90. The van der Waals surface area contributed by atoms with E-state index in [0.717, 1.165) is 23.9 Å². The molecule has 1 aromatic carbocycles. The number of sulfone groups is 1. The van der Waals surface area contributed by atoms with Crippen molar-refractivity contribution in [3.8, 4) is 0 Å². The van der Waals surface area contributed by atoms with Gasteiger partial charge < -0.3 is 5.11 Å². The smallest absolute Gasteiger partial charge is 0.175 e. The van der Waals surface area contributed by atoms with Gasteiger partial charge in [-0.2, -0.15) is 0 Å². The summed E-state index contributed by atoms with van der Waals surface area (Å²) in [6, 6.07) is 10.2. The molecule has 112 valence electrons. The SMILES string of the molecule is CCc1ccc(CC(O)c2ccc(S(C)(=O)=O)cc2)nc1. The van der Waals surface area contributed by atoms with Gasteiger partial charge in [-0.15, -0.1) is 0 Å². The lowest BCUT2D eigenvalue weighted by Gasteiger charge is -2.11.